The summed E-state index contributed by atoms with van der Waals surface area (Å²) < 4.78 is 5.41. The van der Waals surface area contributed by atoms with Gasteiger partial charge in [-0.15, -0.1) is 0 Å². The van der Waals surface area contributed by atoms with E-state index in [2.05, 4.69) is 5.32 Å². The van der Waals surface area contributed by atoms with Crippen LogP contribution in [0.1, 0.15) is 30.1 Å². The van der Waals surface area contributed by atoms with Gasteiger partial charge in [0.05, 0.1) is 5.56 Å². The van der Waals surface area contributed by atoms with Crippen LogP contribution in [0.25, 0.3) is 0 Å². The van der Waals surface area contributed by atoms with Gasteiger partial charge in [0.2, 0.25) is 0 Å². The van der Waals surface area contributed by atoms with Crippen LogP contribution in [0.5, 0.6) is 5.75 Å². The zero-order chi connectivity index (χ0) is 17.4. The predicted molar refractivity (Wildman–Crippen MR) is 84.4 cm³/mol. The van der Waals surface area contributed by atoms with Gasteiger partial charge in [0, 0.05) is 26.6 Å². The number of rotatable bonds is 8. The average Bonchev–Trinajstić information content (AvgIpc) is 2.50. The van der Waals surface area contributed by atoms with Crippen molar-refractivity contribution in [3.05, 3.63) is 29.8 Å². The molecule has 23 heavy (non-hydrogen) atoms. The van der Waals surface area contributed by atoms with Crippen LogP contribution in [-0.4, -0.2) is 54.5 Å². The molecular formula is C16H22N2O5. The zero-order valence-corrected chi connectivity index (χ0v) is 13.5. The van der Waals surface area contributed by atoms with Gasteiger partial charge in [0.25, 0.3) is 11.8 Å². The third-order valence-electron chi connectivity index (χ3n) is 3.15. The van der Waals surface area contributed by atoms with E-state index in [0.717, 1.165) is 0 Å². The van der Waals surface area contributed by atoms with Crippen molar-refractivity contribution in [3.63, 3.8) is 0 Å². The molecular weight excluding hydrogens is 300 g/mol. The number of hydrogen-bond acceptors (Lipinski definition) is 4. The van der Waals surface area contributed by atoms with Crippen LogP contribution >= 0.6 is 0 Å². The highest BCUT2D eigenvalue weighted by Gasteiger charge is 2.16. The molecule has 0 saturated carbocycles. The molecule has 0 aliphatic rings. The number of nitrogens with one attached hydrogen (secondary N) is 1. The van der Waals surface area contributed by atoms with Crippen molar-refractivity contribution in [2.45, 2.75) is 25.8 Å². The number of carboxylic acids is 1. The highest BCUT2D eigenvalue weighted by molar-refractivity contribution is 5.97. The van der Waals surface area contributed by atoms with E-state index in [1.165, 1.54) is 4.90 Å². The third-order valence-corrected chi connectivity index (χ3v) is 3.15. The van der Waals surface area contributed by atoms with Gasteiger partial charge < -0.3 is 20.1 Å². The topological polar surface area (TPSA) is 95.9 Å². The van der Waals surface area contributed by atoms with Crippen LogP contribution in [-0.2, 0) is 9.59 Å². The second kappa shape index (κ2) is 8.77. The molecule has 1 atom stereocenters. The highest BCUT2D eigenvalue weighted by Crippen LogP contribution is 2.18. The smallest absolute Gasteiger partial charge is 0.303 e. The number of likely N-dealkylation sites (N-methyl/N-ethyl adjacent to an activating group) is 1. The molecule has 0 aliphatic carbocycles. The van der Waals surface area contributed by atoms with E-state index in [0.29, 0.717) is 17.7 Å². The number of carboxylic acid groups (broad SMARTS) is 1. The van der Waals surface area contributed by atoms with Crippen molar-refractivity contribution < 1.29 is 24.2 Å². The third kappa shape index (κ3) is 6.37. The van der Waals surface area contributed by atoms with Crippen LogP contribution in [0.4, 0.5) is 0 Å². The normalized spacial score (nSPS) is 11.4. The zero-order valence-electron chi connectivity index (χ0n) is 13.5. The maximum Gasteiger partial charge on any atom is 0.303 e. The Bertz CT molecular complexity index is 571. The van der Waals surface area contributed by atoms with Gasteiger partial charge in [-0.1, -0.05) is 12.1 Å². The summed E-state index contributed by atoms with van der Waals surface area (Å²) in [6, 6.07) is 6.32. The summed E-state index contributed by atoms with van der Waals surface area (Å²) in [6.45, 7) is 1.58. The molecule has 126 valence electrons. The fourth-order valence-corrected chi connectivity index (χ4v) is 1.76. The number of ether oxygens (including phenoxy) is 1. The van der Waals surface area contributed by atoms with E-state index in [1.54, 1.807) is 45.3 Å². The maximum atomic E-state index is 12.3. The molecule has 0 saturated heterocycles. The molecule has 0 radical (unpaired) electrons. The van der Waals surface area contributed by atoms with E-state index in [1.807, 2.05) is 0 Å². The van der Waals surface area contributed by atoms with E-state index < -0.39 is 5.97 Å². The van der Waals surface area contributed by atoms with Crippen molar-refractivity contribution in [2.24, 2.45) is 0 Å². The number of amides is 2. The summed E-state index contributed by atoms with van der Waals surface area (Å²) in [7, 11) is 3.24. The molecule has 2 amide bonds. The monoisotopic (exact) mass is 322 g/mol. The van der Waals surface area contributed by atoms with E-state index in [-0.39, 0.29) is 30.9 Å². The van der Waals surface area contributed by atoms with Gasteiger partial charge in [-0.2, -0.15) is 0 Å². The molecule has 0 bridgehead atoms. The van der Waals surface area contributed by atoms with E-state index in [4.69, 9.17) is 9.84 Å². The van der Waals surface area contributed by atoms with Crippen molar-refractivity contribution in [2.75, 3.05) is 20.7 Å². The van der Waals surface area contributed by atoms with Crippen LogP contribution < -0.4 is 10.1 Å². The summed E-state index contributed by atoms with van der Waals surface area (Å²) in [6.07, 6.45) is 0.320. The Balaban J connectivity index is 2.69. The molecule has 0 fully saturated rings. The number of hydrogen-bond donors (Lipinski definition) is 2. The lowest BCUT2D eigenvalue weighted by Gasteiger charge is -2.16. The van der Waals surface area contributed by atoms with E-state index >= 15 is 0 Å². The standard InChI is InChI=1S/C16H22N2O5/c1-11(8-9-15(20)21)17-16(22)12-6-4-5-7-13(12)23-10-14(19)18(2)3/h4-7,11H,8-10H2,1-3H3,(H,17,22)(H,20,21). The Hall–Kier alpha value is -2.57. The molecule has 0 aliphatic heterocycles. The number of nitrogens with zero attached hydrogens (tertiary/aromatic N) is 1. The van der Waals surface area contributed by atoms with E-state index in [9.17, 15) is 14.4 Å². The number of para-hydroxylation sites is 1. The second-order valence-electron chi connectivity index (χ2n) is 5.38. The summed E-state index contributed by atoms with van der Waals surface area (Å²) >= 11 is 0. The molecule has 1 rings (SSSR count). The molecule has 1 unspecified atom stereocenters. The van der Waals surface area contributed by atoms with Gasteiger partial charge in [-0.05, 0) is 25.5 Å². The molecule has 1 aromatic rings. The molecule has 0 aromatic heterocycles. The first-order valence-electron chi connectivity index (χ1n) is 7.26. The Morgan fingerprint density at radius 3 is 2.52 bits per heavy atom. The fraction of sp³-hybridized carbons (Fsp3) is 0.438. The van der Waals surface area contributed by atoms with Crippen LogP contribution in [0.2, 0.25) is 0 Å². The van der Waals surface area contributed by atoms with Gasteiger partial charge in [-0.25, -0.2) is 0 Å². The number of carbonyl (C=O) groups excluding carboxylic acids is 2. The minimum atomic E-state index is -0.906. The van der Waals surface area contributed by atoms with Gasteiger partial charge >= 0.3 is 5.97 Å². The summed E-state index contributed by atoms with van der Waals surface area (Å²) in [5.41, 5.74) is 0.307. The van der Waals surface area contributed by atoms with Crippen molar-refractivity contribution >= 4 is 17.8 Å². The first kappa shape index (κ1) is 18.5. The maximum absolute atomic E-state index is 12.3. The van der Waals surface area contributed by atoms with Crippen molar-refractivity contribution in [1.82, 2.24) is 10.2 Å². The first-order chi connectivity index (χ1) is 10.8. The number of carbonyl (C=O) groups is 3. The molecule has 1 aromatic carbocycles. The van der Waals surface area contributed by atoms with Crippen LogP contribution in [0.15, 0.2) is 24.3 Å². The summed E-state index contributed by atoms with van der Waals surface area (Å²) in [5.74, 6) is -1.17. The molecule has 0 spiro atoms. The Morgan fingerprint density at radius 2 is 1.91 bits per heavy atom. The fourth-order valence-electron chi connectivity index (χ4n) is 1.76. The van der Waals surface area contributed by atoms with Crippen LogP contribution in [0, 0.1) is 0 Å². The van der Waals surface area contributed by atoms with Crippen molar-refractivity contribution in [1.29, 1.82) is 0 Å². The SMILES string of the molecule is CC(CCC(=O)O)NC(=O)c1ccccc1OCC(=O)N(C)C. The molecule has 0 heterocycles. The average molecular weight is 322 g/mol. The number of benzene rings is 1. The van der Waals surface area contributed by atoms with Gasteiger partial charge in [0.1, 0.15) is 5.75 Å². The van der Waals surface area contributed by atoms with Gasteiger partial charge in [0.15, 0.2) is 6.61 Å². The van der Waals surface area contributed by atoms with Crippen molar-refractivity contribution in [3.8, 4) is 5.75 Å². The lowest BCUT2D eigenvalue weighted by Crippen LogP contribution is -2.33. The lowest BCUT2D eigenvalue weighted by atomic mass is 10.1. The quantitative estimate of drug-likeness (QED) is 0.748. The molecule has 2 N–H and O–H groups in total. The van der Waals surface area contributed by atoms with Gasteiger partial charge in [-0.3, -0.25) is 14.4 Å². The summed E-state index contributed by atoms with van der Waals surface area (Å²) in [5, 5.41) is 11.4. The largest absolute Gasteiger partial charge is 0.483 e. The minimum Gasteiger partial charge on any atom is -0.483 e. The Morgan fingerprint density at radius 1 is 1.26 bits per heavy atom. The van der Waals surface area contributed by atoms with Crippen LogP contribution in [0.3, 0.4) is 0 Å². The minimum absolute atomic E-state index is 0.0169. The number of aliphatic carboxylic acids is 1. The Kier molecular flexibility index (Phi) is 7.05. The highest BCUT2D eigenvalue weighted by atomic mass is 16.5. The molecule has 7 nitrogen and oxygen atoms in total. The molecule has 7 heteroatoms. The Labute approximate surface area is 135 Å². The lowest BCUT2D eigenvalue weighted by molar-refractivity contribution is -0.137. The first-order valence-corrected chi connectivity index (χ1v) is 7.26. The second-order valence-corrected chi connectivity index (χ2v) is 5.38. The summed E-state index contributed by atoms with van der Waals surface area (Å²) in [4.78, 5) is 35.8. The predicted octanol–water partition coefficient (Wildman–Crippen LogP) is 1.14.